The smallest absolute Gasteiger partial charge is 0.0226 e. The van der Waals surface area contributed by atoms with E-state index in [1.807, 2.05) is 0 Å². The summed E-state index contributed by atoms with van der Waals surface area (Å²) >= 11 is 0. The van der Waals surface area contributed by atoms with E-state index in [1.54, 1.807) is 0 Å². The van der Waals surface area contributed by atoms with Crippen molar-refractivity contribution in [2.24, 2.45) is 17.8 Å². The van der Waals surface area contributed by atoms with Gasteiger partial charge in [0.15, 0.2) is 0 Å². The molecule has 4 aliphatic rings. The monoisotopic (exact) mass is 222 g/mol. The van der Waals surface area contributed by atoms with E-state index in [9.17, 15) is 0 Å². The molecule has 0 spiro atoms. The summed E-state index contributed by atoms with van der Waals surface area (Å²) in [5.74, 6) is 2.79. The van der Waals surface area contributed by atoms with Crippen LogP contribution < -0.4 is 5.32 Å². The van der Waals surface area contributed by atoms with Crippen LogP contribution in [-0.4, -0.2) is 36.6 Å². The van der Waals surface area contributed by atoms with E-state index in [0.717, 1.165) is 29.8 Å². The largest absolute Gasteiger partial charge is 0.309 e. The molecule has 3 heterocycles. The van der Waals surface area contributed by atoms with Crippen LogP contribution in [0.5, 0.6) is 0 Å². The van der Waals surface area contributed by atoms with Crippen molar-refractivity contribution < 1.29 is 0 Å². The first-order chi connectivity index (χ1) is 7.74. The van der Waals surface area contributed by atoms with Crippen molar-refractivity contribution in [2.75, 3.05) is 19.6 Å². The molecule has 4 unspecified atom stereocenters. The van der Waals surface area contributed by atoms with Gasteiger partial charge in [-0.25, -0.2) is 0 Å². The van der Waals surface area contributed by atoms with Gasteiger partial charge in [0.2, 0.25) is 0 Å². The molecular formula is C14H26N2. The summed E-state index contributed by atoms with van der Waals surface area (Å²) in [6.07, 6.45) is 5.72. The van der Waals surface area contributed by atoms with Crippen LogP contribution in [0.4, 0.5) is 0 Å². The Morgan fingerprint density at radius 1 is 0.938 bits per heavy atom. The second-order valence-corrected chi connectivity index (χ2v) is 6.43. The number of hydrogen-bond donors (Lipinski definition) is 1. The molecule has 1 N–H and O–H groups in total. The molecule has 1 saturated carbocycles. The molecule has 4 atom stereocenters. The molecule has 2 nitrogen and oxygen atoms in total. The molecule has 0 aromatic rings. The third-order valence-electron chi connectivity index (χ3n) is 5.55. The van der Waals surface area contributed by atoms with E-state index in [1.165, 1.54) is 45.3 Å². The number of fused-ring (bicyclic) bond motifs is 3. The van der Waals surface area contributed by atoms with Crippen LogP contribution in [0.2, 0.25) is 0 Å². The van der Waals surface area contributed by atoms with Crippen LogP contribution in [0.3, 0.4) is 0 Å². The van der Waals surface area contributed by atoms with Gasteiger partial charge in [-0.3, -0.25) is 0 Å². The lowest BCUT2D eigenvalue weighted by Crippen LogP contribution is -2.58. The van der Waals surface area contributed by atoms with Gasteiger partial charge in [-0.1, -0.05) is 13.8 Å². The first kappa shape index (κ1) is 11.0. The van der Waals surface area contributed by atoms with E-state index in [2.05, 4.69) is 24.1 Å². The maximum atomic E-state index is 3.99. The number of nitrogens with zero attached hydrogens (tertiary/aromatic N) is 1. The van der Waals surface area contributed by atoms with Gasteiger partial charge in [-0.05, 0) is 56.5 Å². The predicted octanol–water partition coefficient (Wildman–Crippen LogP) is 2.10. The molecule has 1 aliphatic carbocycles. The maximum Gasteiger partial charge on any atom is 0.0226 e. The highest BCUT2D eigenvalue weighted by atomic mass is 15.2. The second-order valence-electron chi connectivity index (χ2n) is 6.43. The van der Waals surface area contributed by atoms with Crippen LogP contribution in [0.25, 0.3) is 0 Å². The molecule has 16 heavy (non-hydrogen) atoms. The zero-order valence-electron chi connectivity index (χ0n) is 10.8. The van der Waals surface area contributed by atoms with E-state index in [4.69, 9.17) is 0 Å². The summed E-state index contributed by atoms with van der Waals surface area (Å²) in [4.78, 5) is 2.65. The van der Waals surface area contributed by atoms with Crippen molar-refractivity contribution in [2.45, 2.75) is 51.6 Å². The maximum absolute atomic E-state index is 3.99. The Labute approximate surface area is 99.8 Å². The third kappa shape index (κ3) is 1.91. The number of hydrogen-bond acceptors (Lipinski definition) is 2. The van der Waals surface area contributed by atoms with Gasteiger partial charge in [0.1, 0.15) is 0 Å². The van der Waals surface area contributed by atoms with Gasteiger partial charge in [0.05, 0.1) is 0 Å². The van der Waals surface area contributed by atoms with Crippen LogP contribution in [0, 0.1) is 17.8 Å². The second kappa shape index (κ2) is 4.30. The number of piperidine rings is 3. The molecule has 4 fully saturated rings. The highest BCUT2D eigenvalue weighted by Gasteiger charge is 2.37. The van der Waals surface area contributed by atoms with Crippen LogP contribution >= 0.6 is 0 Å². The standard InChI is InChI=1S/C14H26N2/c1-10-3-4-13(11(10)2)15-14-9-16-7-5-12(14)6-8-16/h10-15H,3-9H2,1-2H3. The Hall–Kier alpha value is -0.0800. The molecule has 0 radical (unpaired) electrons. The number of rotatable bonds is 2. The van der Waals surface area contributed by atoms with Gasteiger partial charge in [0, 0.05) is 18.6 Å². The molecule has 2 bridgehead atoms. The molecule has 3 aliphatic heterocycles. The van der Waals surface area contributed by atoms with Crippen molar-refractivity contribution >= 4 is 0 Å². The van der Waals surface area contributed by atoms with Gasteiger partial charge < -0.3 is 10.2 Å². The lowest BCUT2D eigenvalue weighted by atomic mass is 9.83. The van der Waals surface area contributed by atoms with E-state index < -0.39 is 0 Å². The predicted molar refractivity (Wildman–Crippen MR) is 67.4 cm³/mol. The van der Waals surface area contributed by atoms with Crippen molar-refractivity contribution in [3.63, 3.8) is 0 Å². The minimum Gasteiger partial charge on any atom is -0.309 e. The average molecular weight is 222 g/mol. The van der Waals surface area contributed by atoms with Crippen LogP contribution in [0.15, 0.2) is 0 Å². The van der Waals surface area contributed by atoms with Crippen LogP contribution in [0.1, 0.15) is 39.5 Å². The molecule has 92 valence electrons. The fourth-order valence-electron chi connectivity index (χ4n) is 4.03. The van der Waals surface area contributed by atoms with Crippen molar-refractivity contribution in [3.05, 3.63) is 0 Å². The molecule has 3 saturated heterocycles. The lowest BCUT2D eigenvalue weighted by molar-refractivity contribution is 0.0640. The summed E-state index contributed by atoms with van der Waals surface area (Å²) in [5, 5.41) is 3.99. The van der Waals surface area contributed by atoms with Gasteiger partial charge in [-0.2, -0.15) is 0 Å². The molecule has 0 aromatic heterocycles. The third-order valence-corrected chi connectivity index (χ3v) is 5.55. The molecular weight excluding hydrogens is 196 g/mol. The fourth-order valence-corrected chi connectivity index (χ4v) is 4.03. The molecule has 0 amide bonds. The minimum atomic E-state index is 0.806. The Morgan fingerprint density at radius 3 is 2.19 bits per heavy atom. The van der Waals surface area contributed by atoms with Crippen molar-refractivity contribution in [1.82, 2.24) is 10.2 Å². The van der Waals surface area contributed by atoms with E-state index in [0.29, 0.717) is 0 Å². The highest BCUT2D eigenvalue weighted by Crippen LogP contribution is 2.34. The summed E-state index contributed by atoms with van der Waals surface area (Å²) in [5.41, 5.74) is 0. The fraction of sp³-hybridized carbons (Fsp3) is 1.00. The Bertz CT molecular complexity index is 245. The van der Waals surface area contributed by atoms with Gasteiger partial charge >= 0.3 is 0 Å². The Kier molecular flexibility index (Phi) is 2.97. The zero-order chi connectivity index (χ0) is 11.1. The quantitative estimate of drug-likeness (QED) is 0.770. The first-order valence-corrected chi connectivity index (χ1v) is 7.22. The topological polar surface area (TPSA) is 15.3 Å². The number of nitrogens with one attached hydrogen (secondary N) is 1. The molecule has 0 aromatic carbocycles. The summed E-state index contributed by atoms with van der Waals surface area (Å²) in [7, 11) is 0. The van der Waals surface area contributed by atoms with Crippen LogP contribution in [-0.2, 0) is 0 Å². The summed E-state index contributed by atoms with van der Waals surface area (Å²) in [6.45, 7) is 8.90. The highest BCUT2D eigenvalue weighted by molar-refractivity contribution is 4.95. The van der Waals surface area contributed by atoms with Crippen molar-refractivity contribution in [1.29, 1.82) is 0 Å². The Balaban J connectivity index is 1.59. The normalized spacial score (nSPS) is 52.1. The van der Waals surface area contributed by atoms with E-state index in [-0.39, 0.29) is 0 Å². The average Bonchev–Trinajstić information content (AvgIpc) is 2.63. The summed E-state index contributed by atoms with van der Waals surface area (Å²) < 4.78 is 0. The minimum absolute atomic E-state index is 0.806. The molecule has 4 rings (SSSR count). The van der Waals surface area contributed by atoms with E-state index >= 15 is 0 Å². The van der Waals surface area contributed by atoms with Gasteiger partial charge in [-0.15, -0.1) is 0 Å². The van der Waals surface area contributed by atoms with Crippen molar-refractivity contribution in [3.8, 4) is 0 Å². The van der Waals surface area contributed by atoms with Gasteiger partial charge in [0.25, 0.3) is 0 Å². The lowest BCUT2D eigenvalue weighted by Gasteiger charge is -2.46. The SMILES string of the molecule is CC1CCC(NC2CN3CCC2CC3)C1C. The Morgan fingerprint density at radius 2 is 1.69 bits per heavy atom. The zero-order valence-corrected chi connectivity index (χ0v) is 10.8. The summed E-state index contributed by atoms with van der Waals surface area (Å²) in [6, 6.07) is 1.61. The molecule has 2 heteroatoms. The first-order valence-electron chi connectivity index (χ1n) is 7.22.